The van der Waals surface area contributed by atoms with Crippen LogP contribution in [-0.4, -0.2) is 25.9 Å². The molecule has 3 aromatic rings. The van der Waals surface area contributed by atoms with Gasteiger partial charge in [0, 0.05) is 45.6 Å². The molecule has 0 saturated heterocycles. The minimum Gasteiger partial charge on any atom is -0.493 e. The van der Waals surface area contributed by atoms with Gasteiger partial charge in [-0.15, -0.1) is 0 Å². The molecule has 0 spiro atoms. The summed E-state index contributed by atoms with van der Waals surface area (Å²) in [4.78, 5) is 27.6. The molecule has 200 valence electrons. The number of halogens is 1. The molecule has 0 bridgehead atoms. The topological polar surface area (TPSA) is 76.7 Å². The van der Waals surface area contributed by atoms with Gasteiger partial charge in [0.1, 0.15) is 0 Å². The Morgan fingerprint density at radius 1 is 0.923 bits per heavy atom. The van der Waals surface area contributed by atoms with Gasteiger partial charge in [0.2, 0.25) is 0 Å². The molecular formula is C32H31ClN2O4. The summed E-state index contributed by atoms with van der Waals surface area (Å²) in [5.41, 5.74) is 6.28. The first-order valence-electron chi connectivity index (χ1n) is 12.9. The fraction of sp³-hybridized carbons (Fsp3) is 0.250. The number of dihydropyridines is 1. The molecule has 0 unspecified atom stereocenters. The van der Waals surface area contributed by atoms with E-state index in [-0.39, 0.29) is 17.6 Å². The molecule has 2 N–H and O–H groups in total. The average Bonchev–Trinajstić information content (AvgIpc) is 2.92. The molecule has 1 heterocycles. The van der Waals surface area contributed by atoms with Crippen LogP contribution in [0.1, 0.15) is 48.3 Å². The lowest BCUT2D eigenvalue weighted by Gasteiger charge is -2.37. The van der Waals surface area contributed by atoms with Crippen LogP contribution < -0.4 is 20.1 Å². The Bertz CT molecular complexity index is 1510. The maximum Gasteiger partial charge on any atom is 0.254 e. The van der Waals surface area contributed by atoms with Crippen molar-refractivity contribution in [2.45, 2.75) is 38.5 Å². The van der Waals surface area contributed by atoms with E-state index in [1.165, 1.54) is 0 Å². The number of hydrogen-bond donors (Lipinski definition) is 2. The number of rotatable bonds is 6. The molecule has 3 aromatic carbocycles. The number of carbonyl (C=O) groups is 2. The van der Waals surface area contributed by atoms with E-state index in [0.29, 0.717) is 51.9 Å². The Balaban J connectivity index is 1.54. The Kier molecular flexibility index (Phi) is 7.49. The zero-order valence-corrected chi connectivity index (χ0v) is 23.2. The summed E-state index contributed by atoms with van der Waals surface area (Å²) in [7, 11) is 3.20. The molecule has 0 saturated carbocycles. The molecule has 39 heavy (non-hydrogen) atoms. The van der Waals surface area contributed by atoms with E-state index < -0.39 is 5.92 Å². The Labute approximate surface area is 233 Å². The molecule has 0 radical (unpaired) electrons. The number of nitrogens with one attached hydrogen (secondary N) is 2. The largest absolute Gasteiger partial charge is 0.493 e. The van der Waals surface area contributed by atoms with Gasteiger partial charge in [-0.05, 0) is 73.7 Å². The van der Waals surface area contributed by atoms with Crippen molar-refractivity contribution in [3.8, 4) is 11.5 Å². The van der Waals surface area contributed by atoms with Crippen LogP contribution in [0.3, 0.4) is 0 Å². The first kappa shape index (κ1) is 26.6. The van der Waals surface area contributed by atoms with Gasteiger partial charge in [-0.2, -0.15) is 0 Å². The number of aryl methyl sites for hydroxylation is 1. The number of methoxy groups -OCH3 is 2. The SMILES string of the molecule is COc1ccc([C@H]2CC(=O)C3=C(C2)NC(C)=C(C(=O)Nc2ccc(C)cc2)[C@@H]3c2cccc(Cl)c2)cc1OC. The van der Waals surface area contributed by atoms with E-state index in [9.17, 15) is 9.59 Å². The van der Waals surface area contributed by atoms with Gasteiger partial charge < -0.3 is 20.1 Å². The summed E-state index contributed by atoms with van der Waals surface area (Å²) in [5, 5.41) is 7.00. The van der Waals surface area contributed by atoms with Crippen molar-refractivity contribution in [1.29, 1.82) is 0 Å². The van der Waals surface area contributed by atoms with Gasteiger partial charge in [-0.1, -0.05) is 47.5 Å². The van der Waals surface area contributed by atoms with Gasteiger partial charge in [-0.25, -0.2) is 0 Å². The van der Waals surface area contributed by atoms with Gasteiger partial charge in [0.05, 0.1) is 14.2 Å². The Morgan fingerprint density at radius 2 is 1.67 bits per heavy atom. The van der Waals surface area contributed by atoms with Crippen LogP contribution in [0, 0.1) is 6.92 Å². The summed E-state index contributed by atoms with van der Waals surface area (Å²) in [6, 6.07) is 20.8. The van der Waals surface area contributed by atoms with Crippen LogP contribution >= 0.6 is 11.6 Å². The number of allylic oxidation sites excluding steroid dienone is 3. The fourth-order valence-corrected chi connectivity index (χ4v) is 5.74. The van der Waals surface area contributed by atoms with Crippen molar-refractivity contribution in [2.75, 3.05) is 19.5 Å². The molecular weight excluding hydrogens is 512 g/mol. The summed E-state index contributed by atoms with van der Waals surface area (Å²) in [6.45, 7) is 3.88. The summed E-state index contributed by atoms with van der Waals surface area (Å²) in [6.07, 6.45) is 0.941. The summed E-state index contributed by atoms with van der Waals surface area (Å²) >= 11 is 6.39. The molecule has 7 heteroatoms. The lowest BCUT2D eigenvalue weighted by atomic mass is 9.71. The normalized spacial score (nSPS) is 18.8. The Hall–Kier alpha value is -4.03. The number of anilines is 1. The second-order valence-corrected chi connectivity index (χ2v) is 10.4. The van der Waals surface area contributed by atoms with E-state index in [0.717, 1.165) is 22.4 Å². The first-order chi connectivity index (χ1) is 18.8. The quantitative estimate of drug-likeness (QED) is 0.364. The Morgan fingerprint density at radius 3 is 2.36 bits per heavy atom. The number of Topliss-reactive ketones (excluding diaryl/α,β-unsaturated/α-hetero) is 1. The number of benzene rings is 3. The number of amides is 1. The molecule has 1 aliphatic carbocycles. The standard InChI is InChI=1S/C32H31ClN2O4/c1-18-8-11-24(12-9-18)35-32(37)29-19(2)34-25-15-22(20-10-13-27(38-3)28(17-20)39-4)16-26(36)31(25)30(29)21-6-5-7-23(33)14-21/h5-14,17,22,30,34H,15-16H2,1-4H3,(H,35,37)/t22-,30+/m1/s1. The minimum absolute atomic E-state index is 0.00152. The first-order valence-corrected chi connectivity index (χ1v) is 13.3. The highest BCUT2D eigenvalue weighted by Gasteiger charge is 2.41. The van der Waals surface area contributed by atoms with E-state index >= 15 is 0 Å². The highest BCUT2D eigenvalue weighted by molar-refractivity contribution is 6.30. The van der Waals surface area contributed by atoms with Crippen molar-refractivity contribution < 1.29 is 19.1 Å². The molecule has 5 rings (SSSR count). The van der Waals surface area contributed by atoms with Crippen LogP contribution in [0.25, 0.3) is 0 Å². The van der Waals surface area contributed by atoms with Crippen LogP contribution in [-0.2, 0) is 9.59 Å². The van der Waals surface area contributed by atoms with Crippen molar-refractivity contribution in [2.24, 2.45) is 0 Å². The summed E-state index contributed by atoms with van der Waals surface area (Å²) < 4.78 is 10.9. The summed E-state index contributed by atoms with van der Waals surface area (Å²) in [5.74, 6) is 0.435. The monoisotopic (exact) mass is 542 g/mol. The molecule has 1 amide bonds. The van der Waals surface area contributed by atoms with Gasteiger partial charge in [0.25, 0.3) is 5.91 Å². The molecule has 6 nitrogen and oxygen atoms in total. The lowest BCUT2D eigenvalue weighted by Crippen LogP contribution is -2.37. The second kappa shape index (κ2) is 11.0. The number of carbonyl (C=O) groups excluding carboxylic acids is 2. The molecule has 2 atom stereocenters. The zero-order valence-electron chi connectivity index (χ0n) is 22.4. The maximum atomic E-state index is 13.9. The maximum absolute atomic E-state index is 13.9. The number of hydrogen-bond acceptors (Lipinski definition) is 5. The highest BCUT2D eigenvalue weighted by atomic mass is 35.5. The number of ketones is 1. The van der Waals surface area contributed by atoms with Crippen LogP contribution in [0.4, 0.5) is 5.69 Å². The predicted molar refractivity (Wildman–Crippen MR) is 153 cm³/mol. The van der Waals surface area contributed by atoms with Gasteiger partial charge >= 0.3 is 0 Å². The molecule has 0 aromatic heterocycles. The third-order valence-electron chi connectivity index (χ3n) is 7.44. The lowest BCUT2D eigenvalue weighted by molar-refractivity contribution is -0.116. The van der Waals surface area contributed by atoms with Crippen LogP contribution in [0.15, 0.2) is 89.3 Å². The van der Waals surface area contributed by atoms with Crippen molar-refractivity contribution >= 4 is 29.0 Å². The predicted octanol–water partition coefficient (Wildman–Crippen LogP) is 6.67. The van der Waals surface area contributed by atoms with Gasteiger partial charge in [0.15, 0.2) is 17.3 Å². The van der Waals surface area contributed by atoms with E-state index in [4.69, 9.17) is 21.1 Å². The van der Waals surface area contributed by atoms with E-state index in [1.54, 1.807) is 20.3 Å². The molecule has 0 fully saturated rings. The highest BCUT2D eigenvalue weighted by Crippen LogP contribution is 2.46. The third kappa shape index (κ3) is 5.30. The number of ether oxygens (including phenoxy) is 2. The second-order valence-electron chi connectivity index (χ2n) is 10.0. The molecule has 1 aliphatic heterocycles. The minimum atomic E-state index is -0.538. The third-order valence-corrected chi connectivity index (χ3v) is 7.68. The van der Waals surface area contributed by atoms with E-state index in [2.05, 4.69) is 10.6 Å². The van der Waals surface area contributed by atoms with E-state index in [1.807, 2.05) is 74.5 Å². The van der Waals surface area contributed by atoms with Crippen LogP contribution in [0.5, 0.6) is 11.5 Å². The van der Waals surface area contributed by atoms with Crippen molar-refractivity contribution in [1.82, 2.24) is 5.32 Å². The zero-order chi connectivity index (χ0) is 27.7. The van der Waals surface area contributed by atoms with Crippen molar-refractivity contribution in [3.05, 3.63) is 111 Å². The molecule has 2 aliphatic rings. The average molecular weight is 543 g/mol. The smallest absolute Gasteiger partial charge is 0.254 e. The van der Waals surface area contributed by atoms with Crippen molar-refractivity contribution in [3.63, 3.8) is 0 Å². The fourth-order valence-electron chi connectivity index (χ4n) is 5.54. The van der Waals surface area contributed by atoms with Crippen LogP contribution in [0.2, 0.25) is 5.02 Å². The van der Waals surface area contributed by atoms with Gasteiger partial charge in [-0.3, -0.25) is 9.59 Å².